The van der Waals surface area contributed by atoms with Gasteiger partial charge < -0.3 is 10.6 Å². The van der Waals surface area contributed by atoms with Crippen LogP contribution < -0.4 is 10.6 Å². The molecule has 17 heavy (non-hydrogen) atoms. The van der Waals surface area contributed by atoms with Gasteiger partial charge in [0, 0.05) is 22.3 Å². The van der Waals surface area contributed by atoms with Crippen molar-refractivity contribution < 1.29 is 0 Å². The van der Waals surface area contributed by atoms with Gasteiger partial charge in [0.15, 0.2) is 5.96 Å². The van der Waals surface area contributed by atoms with E-state index in [0.29, 0.717) is 6.04 Å². The van der Waals surface area contributed by atoms with Gasteiger partial charge in [-0.25, -0.2) is 4.99 Å². The standard InChI is InChI=1S/C12H21N3S.HI/c1-5-13-12(15-9(2)3)14-8-11-7-6-10(4)16-11;/h6-7,9H,5,8H2,1-4H3,(H2,13,14,15);1H. The summed E-state index contributed by atoms with van der Waals surface area (Å²) in [5.74, 6) is 0.892. The number of aliphatic imine (C=N–C) groups is 1. The summed E-state index contributed by atoms with van der Waals surface area (Å²) < 4.78 is 0. The molecule has 0 saturated carbocycles. The molecule has 0 aliphatic heterocycles. The summed E-state index contributed by atoms with van der Waals surface area (Å²) in [6.45, 7) is 10.1. The van der Waals surface area contributed by atoms with E-state index in [-0.39, 0.29) is 24.0 Å². The lowest BCUT2D eigenvalue weighted by Crippen LogP contribution is -2.40. The van der Waals surface area contributed by atoms with Gasteiger partial charge in [0.05, 0.1) is 6.54 Å². The second-order valence-corrected chi connectivity index (χ2v) is 5.38. The molecule has 1 aromatic rings. The molecular weight excluding hydrogens is 345 g/mol. The normalized spacial score (nSPS) is 11.2. The zero-order valence-corrected chi connectivity index (χ0v) is 14.1. The van der Waals surface area contributed by atoms with Crippen LogP contribution >= 0.6 is 35.3 Å². The highest BCUT2D eigenvalue weighted by atomic mass is 127. The molecule has 98 valence electrons. The zero-order valence-electron chi connectivity index (χ0n) is 10.9. The third kappa shape index (κ3) is 6.88. The average Bonchev–Trinajstić information content (AvgIpc) is 2.60. The number of rotatable bonds is 4. The molecule has 1 rings (SSSR count). The number of halogens is 1. The second-order valence-electron chi connectivity index (χ2n) is 4.01. The maximum Gasteiger partial charge on any atom is 0.191 e. The van der Waals surface area contributed by atoms with Crippen molar-refractivity contribution in [2.75, 3.05) is 6.54 Å². The van der Waals surface area contributed by atoms with E-state index < -0.39 is 0 Å². The van der Waals surface area contributed by atoms with Crippen LogP contribution in [-0.2, 0) is 6.54 Å². The maximum atomic E-state index is 4.54. The summed E-state index contributed by atoms with van der Waals surface area (Å²) in [6.07, 6.45) is 0. The molecule has 2 N–H and O–H groups in total. The van der Waals surface area contributed by atoms with E-state index in [1.165, 1.54) is 9.75 Å². The monoisotopic (exact) mass is 367 g/mol. The lowest BCUT2D eigenvalue weighted by molar-refractivity contribution is 0.701. The van der Waals surface area contributed by atoms with Crippen LogP contribution in [0.4, 0.5) is 0 Å². The van der Waals surface area contributed by atoms with Crippen molar-refractivity contribution in [3.8, 4) is 0 Å². The first kappa shape index (κ1) is 16.7. The van der Waals surface area contributed by atoms with Crippen LogP contribution in [0.1, 0.15) is 30.5 Å². The fourth-order valence-corrected chi connectivity index (χ4v) is 2.14. The minimum atomic E-state index is 0. The SMILES string of the molecule is CCNC(=NCc1ccc(C)s1)NC(C)C.I. The Morgan fingerprint density at radius 1 is 1.41 bits per heavy atom. The van der Waals surface area contributed by atoms with Crippen LogP contribution in [0.5, 0.6) is 0 Å². The van der Waals surface area contributed by atoms with Gasteiger partial charge in [-0.1, -0.05) is 0 Å². The average molecular weight is 367 g/mol. The third-order valence-corrected chi connectivity index (χ3v) is 2.94. The van der Waals surface area contributed by atoms with Crippen molar-refractivity contribution in [3.05, 3.63) is 21.9 Å². The van der Waals surface area contributed by atoms with Gasteiger partial charge in [0.2, 0.25) is 0 Å². The van der Waals surface area contributed by atoms with E-state index in [2.05, 4.69) is 55.5 Å². The highest BCUT2D eigenvalue weighted by Crippen LogP contribution is 2.15. The number of guanidine groups is 1. The lowest BCUT2D eigenvalue weighted by Gasteiger charge is -2.13. The Labute approximate surface area is 125 Å². The third-order valence-electron chi connectivity index (χ3n) is 1.96. The van der Waals surface area contributed by atoms with Crippen molar-refractivity contribution in [1.29, 1.82) is 0 Å². The van der Waals surface area contributed by atoms with Crippen LogP contribution in [0, 0.1) is 6.92 Å². The topological polar surface area (TPSA) is 36.4 Å². The first-order valence-corrected chi connectivity index (χ1v) is 6.53. The number of hydrogen-bond donors (Lipinski definition) is 2. The molecule has 0 bridgehead atoms. The molecule has 0 aliphatic rings. The van der Waals surface area contributed by atoms with Gasteiger partial charge in [-0.05, 0) is 39.8 Å². The van der Waals surface area contributed by atoms with E-state index in [1.54, 1.807) is 11.3 Å². The largest absolute Gasteiger partial charge is 0.357 e. The molecule has 0 saturated heterocycles. The molecule has 3 nitrogen and oxygen atoms in total. The molecule has 0 atom stereocenters. The van der Waals surface area contributed by atoms with E-state index in [9.17, 15) is 0 Å². The minimum Gasteiger partial charge on any atom is -0.357 e. The predicted molar refractivity (Wildman–Crippen MR) is 87.6 cm³/mol. The van der Waals surface area contributed by atoms with Crippen molar-refractivity contribution in [3.63, 3.8) is 0 Å². The summed E-state index contributed by atoms with van der Waals surface area (Å²) in [6, 6.07) is 4.68. The molecule has 0 aliphatic carbocycles. The Hall–Kier alpha value is -0.300. The number of nitrogens with zero attached hydrogens (tertiary/aromatic N) is 1. The first-order chi connectivity index (χ1) is 7.61. The second kappa shape index (κ2) is 8.74. The molecule has 1 aromatic heterocycles. The van der Waals surface area contributed by atoms with Crippen molar-refractivity contribution in [1.82, 2.24) is 10.6 Å². The quantitative estimate of drug-likeness (QED) is 0.487. The Balaban J connectivity index is 0.00000256. The molecule has 0 aromatic carbocycles. The fourth-order valence-electron chi connectivity index (χ4n) is 1.32. The van der Waals surface area contributed by atoms with Crippen molar-refractivity contribution in [2.24, 2.45) is 4.99 Å². The van der Waals surface area contributed by atoms with Crippen LogP contribution in [0.2, 0.25) is 0 Å². The summed E-state index contributed by atoms with van der Waals surface area (Å²) in [5.41, 5.74) is 0. The van der Waals surface area contributed by atoms with Crippen LogP contribution in [0.15, 0.2) is 17.1 Å². The van der Waals surface area contributed by atoms with Crippen LogP contribution in [-0.4, -0.2) is 18.5 Å². The van der Waals surface area contributed by atoms with E-state index >= 15 is 0 Å². The van der Waals surface area contributed by atoms with Crippen LogP contribution in [0.3, 0.4) is 0 Å². The lowest BCUT2D eigenvalue weighted by atomic mass is 10.4. The van der Waals surface area contributed by atoms with Crippen molar-refractivity contribution >= 4 is 41.3 Å². The zero-order chi connectivity index (χ0) is 12.0. The number of nitrogens with one attached hydrogen (secondary N) is 2. The Kier molecular flexibility index (Phi) is 8.59. The molecule has 0 fully saturated rings. The van der Waals surface area contributed by atoms with Gasteiger partial charge in [0.1, 0.15) is 0 Å². The number of aryl methyl sites for hydroxylation is 1. The van der Waals surface area contributed by atoms with Gasteiger partial charge in [-0.3, -0.25) is 0 Å². The summed E-state index contributed by atoms with van der Waals surface area (Å²) >= 11 is 1.80. The molecule has 0 radical (unpaired) electrons. The van der Waals surface area contributed by atoms with E-state index in [0.717, 1.165) is 19.0 Å². The molecule has 0 amide bonds. The van der Waals surface area contributed by atoms with E-state index in [4.69, 9.17) is 0 Å². The molecule has 0 unspecified atom stereocenters. The Morgan fingerprint density at radius 3 is 2.59 bits per heavy atom. The van der Waals surface area contributed by atoms with E-state index in [1.807, 2.05) is 0 Å². The highest BCUT2D eigenvalue weighted by molar-refractivity contribution is 14.0. The molecule has 5 heteroatoms. The van der Waals surface area contributed by atoms with Gasteiger partial charge >= 0.3 is 0 Å². The summed E-state index contributed by atoms with van der Waals surface area (Å²) in [7, 11) is 0. The first-order valence-electron chi connectivity index (χ1n) is 5.72. The van der Waals surface area contributed by atoms with Gasteiger partial charge in [-0.2, -0.15) is 0 Å². The fraction of sp³-hybridized carbons (Fsp3) is 0.583. The summed E-state index contributed by atoms with van der Waals surface area (Å²) in [5, 5.41) is 6.54. The number of thiophene rings is 1. The molecule has 0 spiro atoms. The Morgan fingerprint density at radius 2 is 2.12 bits per heavy atom. The number of hydrogen-bond acceptors (Lipinski definition) is 2. The van der Waals surface area contributed by atoms with Crippen molar-refractivity contribution in [2.45, 2.75) is 40.3 Å². The van der Waals surface area contributed by atoms with Gasteiger partial charge in [0.25, 0.3) is 0 Å². The predicted octanol–water partition coefficient (Wildman–Crippen LogP) is 3.14. The molecule has 1 heterocycles. The van der Waals surface area contributed by atoms with Gasteiger partial charge in [-0.15, -0.1) is 35.3 Å². The minimum absolute atomic E-state index is 0. The Bertz CT molecular complexity index is 347. The smallest absolute Gasteiger partial charge is 0.191 e. The van der Waals surface area contributed by atoms with Crippen LogP contribution in [0.25, 0.3) is 0 Å². The highest BCUT2D eigenvalue weighted by Gasteiger charge is 2.00. The summed E-state index contributed by atoms with van der Waals surface area (Å²) in [4.78, 5) is 7.19. The molecular formula is C12H22IN3S. The maximum absolute atomic E-state index is 4.54.